The summed E-state index contributed by atoms with van der Waals surface area (Å²) in [6.45, 7) is 0.974. The average Bonchev–Trinajstić information content (AvgIpc) is 3.07. The maximum Gasteiger partial charge on any atom is 0.246 e. The number of primary amides is 1. The van der Waals surface area contributed by atoms with Gasteiger partial charge in [-0.15, -0.1) is 0 Å². The number of nitrogen functional groups attached to an aromatic ring is 1. The van der Waals surface area contributed by atoms with E-state index < -0.39 is 36.4 Å². The second kappa shape index (κ2) is 5.54. The van der Waals surface area contributed by atoms with Crippen LogP contribution in [0.25, 0.3) is 11.2 Å². The van der Waals surface area contributed by atoms with Crippen LogP contribution in [0.5, 0.6) is 5.88 Å². The monoisotopic (exact) mass is 338 g/mol. The molecule has 1 fully saturated rings. The number of carbonyl (C=O) groups is 1. The lowest BCUT2D eigenvalue weighted by Crippen LogP contribution is -2.47. The zero-order valence-corrected chi connectivity index (χ0v) is 13.1. The van der Waals surface area contributed by atoms with Crippen molar-refractivity contribution in [2.45, 2.75) is 25.4 Å². The summed E-state index contributed by atoms with van der Waals surface area (Å²) in [6.07, 6.45) is -1.96. The van der Waals surface area contributed by atoms with Crippen LogP contribution in [0, 0.1) is 5.41 Å². The molecule has 1 saturated heterocycles. The highest BCUT2D eigenvalue weighted by atomic mass is 16.5. The number of anilines is 1. The van der Waals surface area contributed by atoms with Crippen molar-refractivity contribution in [3.05, 3.63) is 6.33 Å². The highest BCUT2D eigenvalue weighted by Gasteiger charge is 2.58. The molecule has 0 saturated carbocycles. The molecule has 1 amide bonds. The van der Waals surface area contributed by atoms with Crippen LogP contribution in [0.2, 0.25) is 0 Å². The van der Waals surface area contributed by atoms with Gasteiger partial charge in [-0.1, -0.05) is 0 Å². The second-order valence-corrected chi connectivity index (χ2v) is 5.72. The minimum Gasteiger partial charge on any atom is -0.479 e. The lowest BCUT2D eigenvalue weighted by molar-refractivity contribution is -0.137. The SMILES string of the molecule is COc1nc(N)nc2c1ncn2[C@@H]1O[C@H](CO)[C@@H](O)[C@@]1(C)C(N)=O. The van der Waals surface area contributed by atoms with E-state index in [0.717, 1.165) is 0 Å². The Bertz CT molecular complexity index is 794. The predicted molar refractivity (Wildman–Crippen MR) is 80.6 cm³/mol. The number of fused-ring (bicyclic) bond motifs is 1. The van der Waals surface area contributed by atoms with Crippen LogP contribution < -0.4 is 16.2 Å². The lowest BCUT2D eigenvalue weighted by atomic mass is 9.81. The van der Waals surface area contributed by atoms with E-state index in [1.807, 2.05) is 0 Å². The number of rotatable bonds is 4. The van der Waals surface area contributed by atoms with Crippen molar-refractivity contribution in [3.8, 4) is 5.88 Å². The Morgan fingerprint density at radius 2 is 2.25 bits per heavy atom. The first-order valence-electron chi connectivity index (χ1n) is 7.12. The van der Waals surface area contributed by atoms with E-state index in [1.54, 1.807) is 0 Å². The molecule has 4 atom stereocenters. The number of hydrogen-bond acceptors (Lipinski definition) is 9. The largest absolute Gasteiger partial charge is 0.479 e. The van der Waals surface area contributed by atoms with Gasteiger partial charge >= 0.3 is 0 Å². The first-order valence-corrected chi connectivity index (χ1v) is 7.12. The van der Waals surface area contributed by atoms with Crippen molar-refractivity contribution in [3.63, 3.8) is 0 Å². The summed E-state index contributed by atoms with van der Waals surface area (Å²) < 4.78 is 12.2. The third-order valence-electron chi connectivity index (χ3n) is 4.35. The average molecular weight is 338 g/mol. The number of aromatic nitrogens is 4. The van der Waals surface area contributed by atoms with E-state index in [1.165, 1.54) is 24.9 Å². The first-order chi connectivity index (χ1) is 11.3. The molecule has 0 bridgehead atoms. The fourth-order valence-corrected chi connectivity index (χ4v) is 2.90. The zero-order valence-electron chi connectivity index (χ0n) is 13.1. The number of nitrogens with two attached hydrogens (primary N) is 2. The highest BCUT2D eigenvalue weighted by molar-refractivity contribution is 5.83. The van der Waals surface area contributed by atoms with Crippen LogP contribution >= 0.6 is 0 Å². The summed E-state index contributed by atoms with van der Waals surface area (Å²) in [5.41, 5.74) is 10.2. The number of aliphatic hydroxyl groups is 2. The topological polar surface area (TPSA) is 172 Å². The molecule has 6 N–H and O–H groups in total. The Morgan fingerprint density at radius 1 is 1.54 bits per heavy atom. The molecular formula is C13H18N6O5. The van der Waals surface area contributed by atoms with Crippen molar-refractivity contribution in [2.75, 3.05) is 19.5 Å². The van der Waals surface area contributed by atoms with Crippen molar-refractivity contribution in [1.82, 2.24) is 19.5 Å². The molecule has 3 heterocycles. The molecule has 0 unspecified atom stereocenters. The predicted octanol–water partition coefficient (Wildman–Crippen LogP) is -1.84. The molecule has 0 aliphatic carbocycles. The number of aliphatic hydroxyl groups excluding tert-OH is 2. The number of methoxy groups -OCH3 is 1. The molecule has 2 aromatic heterocycles. The van der Waals surface area contributed by atoms with Crippen LogP contribution in [0.4, 0.5) is 5.95 Å². The lowest BCUT2D eigenvalue weighted by Gasteiger charge is -2.29. The van der Waals surface area contributed by atoms with E-state index in [-0.39, 0.29) is 17.5 Å². The smallest absolute Gasteiger partial charge is 0.246 e. The molecule has 1 aliphatic rings. The minimum atomic E-state index is -1.51. The molecule has 3 rings (SSSR count). The second-order valence-electron chi connectivity index (χ2n) is 5.72. The Labute approximate surface area is 136 Å². The van der Waals surface area contributed by atoms with E-state index in [9.17, 15) is 15.0 Å². The van der Waals surface area contributed by atoms with Gasteiger partial charge in [0.2, 0.25) is 17.7 Å². The summed E-state index contributed by atoms with van der Waals surface area (Å²) in [5.74, 6) is -0.680. The van der Waals surface area contributed by atoms with E-state index >= 15 is 0 Å². The summed E-state index contributed by atoms with van der Waals surface area (Å²) in [4.78, 5) is 24.2. The van der Waals surface area contributed by atoms with Crippen LogP contribution in [0.15, 0.2) is 6.33 Å². The molecule has 2 aromatic rings. The fraction of sp³-hybridized carbons (Fsp3) is 0.538. The maximum atomic E-state index is 12.0. The number of hydrogen-bond donors (Lipinski definition) is 4. The number of imidazole rings is 1. The Morgan fingerprint density at radius 3 is 2.83 bits per heavy atom. The molecule has 0 spiro atoms. The van der Waals surface area contributed by atoms with E-state index in [4.69, 9.17) is 20.9 Å². The molecule has 130 valence electrons. The summed E-state index contributed by atoms with van der Waals surface area (Å²) in [7, 11) is 1.41. The van der Waals surface area contributed by atoms with Gasteiger partial charge in [0.05, 0.1) is 20.0 Å². The van der Waals surface area contributed by atoms with Gasteiger partial charge in [-0.2, -0.15) is 9.97 Å². The minimum absolute atomic E-state index is 0.0564. The Kier molecular flexibility index (Phi) is 3.78. The molecule has 0 radical (unpaired) electrons. The molecule has 11 heteroatoms. The Balaban J connectivity index is 2.19. The quantitative estimate of drug-likeness (QED) is 0.499. The molecule has 11 nitrogen and oxygen atoms in total. The molecular weight excluding hydrogens is 320 g/mol. The van der Waals surface area contributed by atoms with Crippen molar-refractivity contribution < 1.29 is 24.5 Å². The van der Waals surface area contributed by atoms with Gasteiger partial charge in [-0.05, 0) is 6.92 Å². The number of amides is 1. The number of nitrogens with zero attached hydrogens (tertiary/aromatic N) is 4. The number of carbonyl (C=O) groups excluding carboxylic acids is 1. The molecule has 1 aliphatic heterocycles. The molecule has 0 aromatic carbocycles. The summed E-state index contributed by atoms with van der Waals surface area (Å²) in [6, 6.07) is 0. The van der Waals surface area contributed by atoms with Crippen molar-refractivity contribution >= 4 is 23.0 Å². The summed E-state index contributed by atoms with van der Waals surface area (Å²) >= 11 is 0. The fourth-order valence-electron chi connectivity index (χ4n) is 2.90. The number of ether oxygens (including phenoxy) is 2. The Hall–Kier alpha value is -2.50. The van der Waals surface area contributed by atoms with Gasteiger partial charge < -0.3 is 31.2 Å². The van der Waals surface area contributed by atoms with Crippen LogP contribution in [-0.2, 0) is 9.53 Å². The van der Waals surface area contributed by atoms with Crippen molar-refractivity contribution in [1.29, 1.82) is 0 Å². The normalized spacial score (nSPS) is 29.9. The third-order valence-corrected chi connectivity index (χ3v) is 4.35. The van der Waals surface area contributed by atoms with Crippen molar-refractivity contribution in [2.24, 2.45) is 11.1 Å². The van der Waals surface area contributed by atoms with E-state index in [2.05, 4.69) is 15.0 Å². The van der Waals surface area contributed by atoms with Gasteiger partial charge in [0.15, 0.2) is 17.4 Å². The van der Waals surface area contributed by atoms with Gasteiger partial charge in [-0.25, -0.2) is 4.98 Å². The first kappa shape index (κ1) is 16.4. The molecule has 24 heavy (non-hydrogen) atoms. The van der Waals surface area contributed by atoms with Crippen LogP contribution in [0.3, 0.4) is 0 Å². The highest BCUT2D eigenvalue weighted by Crippen LogP contribution is 2.46. The van der Waals surface area contributed by atoms with Gasteiger partial charge in [0.25, 0.3) is 0 Å². The van der Waals surface area contributed by atoms with Gasteiger partial charge in [0, 0.05) is 0 Å². The summed E-state index contributed by atoms with van der Waals surface area (Å²) in [5, 5.41) is 19.8. The zero-order chi connectivity index (χ0) is 17.6. The standard InChI is InChI=1S/C13H18N6O5/c1-13(10(14)22)7(21)5(3-20)24-11(13)19-4-16-6-8(19)17-12(15)18-9(6)23-2/h4-5,7,11,20-21H,3H2,1-2H3,(H2,14,22)(H2,15,17,18)/t5-,7-,11-,13+/m1/s1. The van der Waals surface area contributed by atoms with Gasteiger partial charge in [-0.3, -0.25) is 9.36 Å². The maximum absolute atomic E-state index is 12.0. The van der Waals surface area contributed by atoms with Crippen LogP contribution in [0.1, 0.15) is 13.2 Å². The van der Waals surface area contributed by atoms with Crippen LogP contribution in [-0.4, -0.2) is 61.6 Å². The van der Waals surface area contributed by atoms with Gasteiger partial charge in [0.1, 0.15) is 17.6 Å². The third kappa shape index (κ3) is 2.09. The van der Waals surface area contributed by atoms with E-state index in [0.29, 0.717) is 5.52 Å².